The number of nitrogens with one attached hydrogen (secondary N) is 12. The van der Waals surface area contributed by atoms with Gasteiger partial charge in [0.25, 0.3) is 0 Å². The molecule has 16 atom stereocenters. The molecule has 0 aromatic rings. The Labute approximate surface area is 238 Å². The molecule has 9 fully saturated rings. The van der Waals surface area contributed by atoms with E-state index in [-0.39, 0.29) is 24.7 Å². The summed E-state index contributed by atoms with van der Waals surface area (Å²) < 4.78 is 0. The summed E-state index contributed by atoms with van der Waals surface area (Å²) >= 11 is 0. The molecule has 12 heteroatoms. The van der Waals surface area contributed by atoms with Crippen LogP contribution in [0.5, 0.6) is 0 Å². The Morgan fingerprint density at radius 3 is 0.775 bits per heavy atom. The third kappa shape index (κ3) is 4.33. The number of fused-ring (bicyclic) bond motifs is 20. The maximum atomic E-state index is 4.15. The van der Waals surface area contributed by atoms with Gasteiger partial charge in [-0.25, -0.2) is 0 Å². The zero-order valence-corrected chi connectivity index (χ0v) is 23.7. The van der Waals surface area contributed by atoms with E-state index >= 15 is 0 Å². The van der Waals surface area contributed by atoms with Crippen LogP contribution in [-0.4, -0.2) is 99.7 Å². The summed E-state index contributed by atoms with van der Waals surface area (Å²) in [4.78, 5) is 0. The molecule has 8 bridgehead atoms. The molecule has 9 saturated heterocycles. The molecular weight excluding hydrogens is 504 g/mol. The molecule has 16 unspecified atom stereocenters. The molecule has 0 aromatic carbocycles. The summed E-state index contributed by atoms with van der Waals surface area (Å²) in [5.41, 5.74) is 0. The van der Waals surface area contributed by atoms with Gasteiger partial charge in [0.05, 0.1) is 49.3 Å². The van der Waals surface area contributed by atoms with Crippen molar-refractivity contribution in [3.05, 3.63) is 0 Å². The first-order valence-electron chi connectivity index (χ1n) is 16.8. The van der Waals surface area contributed by atoms with E-state index in [9.17, 15) is 0 Å². The SMILES string of the molecule is C1CNC2C3NC(NC4NC(NC5NC(NC6NC(N3)C3NCCCC63)C3CCCNC53)C3NCCCC43)C2C1. The lowest BCUT2D eigenvalue weighted by atomic mass is 9.87. The maximum absolute atomic E-state index is 4.15. The first-order chi connectivity index (χ1) is 19.8. The Hall–Kier alpha value is -0.480. The summed E-state index contributed by atoms with van der Waals surface area (Å²) in [7, 11) is 0. The highest BCUT2D eigenvalue weighted by molar-refractivity contribution is 5.12. The topological polar surface area (TPSA) is 144 Å². The van der Waals surface area contributed by atoms with Crippen molar-refractivity contribution in [2.24, 2.45) is 23.7 Å². The third-order valence-electron chi connectivity index (χ3n) is 12.2. The monoisotopic (exact) mass is 556 g/mol. The predicted molar refractivity (Wildman–Crippen MR) is 153 cm³/mol. The Balaban J connectivity index is 1.05. The number of hydrogen-bond donors (Lipinski definition) is 12. The van der Waals surface area contributed by atoms with Gasteiger partial charge in [-0.2, -0.15) is 0 Å². The number of hydrogen-bond acceptors (Lipinski definition) is 12. The molecule has 12 nitrogen and oxygen atoms in total. The van der Waals surface area contributed by atoms with E-state index in [0.717, 1.165) is 26.2 Å². The molecule has 0 amide bonds. The van der Waals surface area contributed by atoms with Crippen molar-refractivity contribution >= 4 is 0 Å². The molecule has 0 spiro atoms. The molecule has 9 heterocycles. The largest absolute Gasteiger partial charge is 0.311 e. The lowest BCUT2D eigenvalue weighted by Gasteiger charge is -2.36. The average molecular weight is 557 g/mol. The fourth-order valence-corrected chi connectivity index (χ4v) is 10.5. The van der Waals surface area contributed by atoms with Gasteiger partial charge in [-0.05, 0) is 77.5 Å². The summed E-state index contributed by atoms with van der Waals surface area (Å²) in [5, 5.41) is 48.5. The van der Waals surface area contributed by atoms with Crippen LogP contribution in [0.4, 0.5) is 0 Å². The zero-order valence-electron chi connectivity index (χ0n) is 23.7. The normalized spacial score (nSPS) is 57.6. The van der Waals surface area contributed by atoms with E-state index in [4.69, 9.17) is 0 Å². The second-order valence-electron chi connectivity index (χ2n) is 14.3. The summed E-state index contributed by atoms with van der Waals surface area (Å²) in [6, 6.07) is 1.78. The minimum Gasteiger partial charge on any atom is -0.311 e. The van der Waals surface area contributed by atoms with Crippen molar-refractivity contribution in [2.45, 2.75) is 125 Å². The van der Waals surface area contributed by atoms with Crippen LogP contribution in [0.2, 0.25) is 0 Å². The number of piperidine rings is 4. The van der Waals surface area contributed by atoms with E-state index in [1.807, 2.05) is 0 Å². The second kappa shape index (κ2) is 10.6. The molecule has 9 aliphatic rings. The molecule has 0 aliphatic carbocycles. The van der Waals surface area contributed by atoms with Crippen molar-refractivity contribution in [2.75, 3.05) is 26.2 Å². The van der Waals surface area contributed by atoms with Crippen LogP contribution < -0.4 is 63.8 Å². The number of rotatable bonds is 0. The summed E-state index contributed by atoms with van der Waals surface area (Å²) in [5.74, 6) is 2.34. The lowest BCUT2D eigenvalue weighted by molar-refractivity contribution is 0.205. The van der Waals surface area contributed by atoms with Gasteiger partial charge in [0.1, 0.15) is 0 Å². The van der Waals surface area contributed by atoms with Crippen LogP contribution >= 0.6 is 0 Å². The van der Waals surface area contributed by atoms with E-state index in [2.05, 4.69) is 63.8 Å². The van der Waals surface area contributed by atoms with Crippen molar-refractivity contribution in [3.8, 4) is 0 Å². The van der Waals surface area contributed by atoms with E-state index in [1.54, 1.807) is 0 Å². The summed E-state index contributed by atoms with van der Waals surface area (Å²) in [6.07, 6.45) is 12.3. The molecule has 12 N–H and O–H groups in total. The molecular formula is C28H52N12. The van der Waals surface area contributed by atoms with Crippen LogP contribution in [0, 0.1) is 23.7 Å². The van der Waals surface area contributed by atoms with Crippen LogP contribution in [0.15, 0.2) is 0 Å². The first kappa shape index (κ1) is 26.0. The van der Waals surface area contributed by atoms with Gasteiger partial charge in [-0.3, -0.25) is 42.5 Å². The minimum atomic E-state index is 0.243. The minimum absolute atomic E-state index is 0.243. The van der Waals surface area contributed by atoms with Gasteiger partial charge < -0.3 is 21.3 Å². The Kier molecular flexibility index (Phi) is 6.88. The average Bonchev–Trinajstić information content (AvgIpc) is 3.73. The van der Waals surface area contributed by atoms with Crippen LogP contribution in [-0.2, 0) is 0 Å². The predicted octanol–water partition coefficient (Wildman–Crippen LogP) is -3.15. The summed E-state index contributed by atoms with van der Waals surface area (Å²) in [6.45, 7) is 4.48. The van der Waals surface area contributed by atoms with Crippen molar-refractivity contribution in [3.63, 3.8) is 0 Å². The van der Waals surface area contributed by atoms with E-state index in [0.29, 0.717) is 72.5 Å². The third-order valence-corrected chi connectivity index (χ3v) is 12.2. The van der Waals surface area contributed by atoms with Gasteiger partial charge in [0, 0.05) is 47.8 Å². The molecule has 0 aromatic heterocycles. The highest BCUT2D eigenvalue weighted by Gasteiger charge is 2.54. The Bertz CT molecular complexity index is 716. The van der Waals surface area contributed by atoms with Crippen LogP contribution in [0.3, 0.4) is 0 Å². The van der Waals surface area contributed by atoms with Gasteiger partial charge >= 0.3 is 0 Å². The molecule has 0 radical (unpaired) electrons. The quantitative estimate of drug-likeness (QED) is 0.147. The van der Waals surface area contributed by atoms with Crippen LogP contribution in [0.1, 0.15) is 51.4 Å². The van der Waals surface area contributed by atoms with E-state index < -0.39 is 0 Å². The zero-order chi connectivity index (χ0) is 26.2. The lowest BCUT2D eigenvalue weighted by Crippen LogP contribution is -2.64. The van der Waals surface area contributed by atoms with Crippen LogP contribution in [0.25, 0.3) is 0 Å². The smallest absolute Gasteiger partial charge is 0.0758 e. The highest BCUT2D eigenvalue weighted by Crippen LogP contribution is 2.35. The standard InChI is InChI=1S/C28H52N12/c1-5-13-17(29-9-1)25-35-21(13)33-22-14-6-2-10-30-18(14)27(36-22)40-28-20-16(8-4-12-32-20)24(38-28)34-23-15-7-3-11-31-19(15)26(37-23)39-25/h13-40H,1-12H2. The fourth-order valence-electron chi connectivity index (χ4n) is 10.5. The fraction of sp³-hybridized carbons (Fsp3) is 1.00. The highest BCUT2D eigenvalue weighted by atomic mass is 15.4. The van der Waals surface area contributed by atoms with Gasteiger partial charge in [-0.1, -0.05) is 0 Å². The first-order valence-corrected chi connectivity index (χ1v) is 16.8. The molecule has 0 saturated carbocycles. The maximum Gasteiger partial charge on any atom is 0.0758 e. The molecule has 9 aliphatic heterocycles. The van der Waals surface area contributed by atoms with Crippen molar-refractivity contribution in [1.29, 1.82) is 0 Å². The Morgan fingerprint density at radius 2 is 0.500 bits per heavy atom. The van der Waals surface area contributed by atoms with Gasteiger partial charge in [0.2, 0.25) is 0 Å². The molecule has 40 heavy (non-hydrogen) atoms. The Morgan fingerprint density at radius 1 is 0.275 bits per heavy atom. The van der Waals surface area contributed by atoms with Gasteiger partial charge in [-0.15, -0.1) is 0 Å². The second-order valence-corrected chi connectivity index (χ2v) is 14.3. The molecule has 224 valence electrons. The molecule has 9 rings (SSSR count). The van der Waals surface area contributed by atoms with Crippen molar-refractivity contribution in [1.82, 2.24) is 63.8 Å². The van der Waals surface area contributed by atoms with Gasteiger partial charge in [0.15, 0.2) is 0 Å². The van der Waals surface area contributed by atoms with E-state index in [1.165, 1.54) is 51.4 Å². The van der Waals surface area contributed by atoms with Crippen molar-refractivity contribution < 1.29 is 0 Å².